The summed E-state index contributed by atoms with van der Waals surface area (Å²) >= 11 is 0. The van der Waals surface area contributed by atoms with Crippen molar-refractivity contribution in [1.82, 2.24) is 4.90 Å². The number of ketones is 1. The van der Waals surface area contributed by atoms with E-state index in [1.807, 2.05) is 0 Å². The molecule has 1 rings (SSSR count). The molecular formula is C9H15NO. The molecule has 0 saturated heterocycles. The maximum atomic E-state index is 11.1. The van der Waals surface area contributed by atoms with Gasteiger partial charge in [-0.3, -0.25) is 4.79 Å². The van der Waals surface area contributed by atoms with E-state index < -0.39 is 0 Å². The van der Waals surface area contributed by atoms with Gasteiger partial charge in [-0.05, 0) is 27.3 Å². The number of nitrogens with zero attached hydrogens (tertiary/aromatic N) is 1. The molecule has 0 bridgehead atoms. The van der Waals surface area contributed by atoms with Gasteiger partial charge in [0.1, 0.15) is 0 Å². The molecule has 1 heterocycles. The third kappa shape index (κ3) is 1.90. The van der Waals surface area contributed by atoms with E-state index in [0.717, 1.165) is 25.1 Å². The second-order valence-corrected chi connectivity index (χ2v) is 3.30. The van der Waals surface area contributed by atoms with Crippen LogP contribution in [0.5, 0.6) is 0 Å². The largest absolute Gasteiger partial charge is 0.302 e. The molecule has 0 aromatic heterocycles. The number of carbonyl (C=O) groups excluding carboxylic acids is 1. The molecule has 0 atom stereocenters. The van der Waals surface area contributed by atoms with Crippen LogP contribution in [0.2, 0.25) is 0 Å². The highest BCUT2D eigenvalue weighted by atomic mass is 16.1. The molecule has 0 spiro atoms. The van der Waals surface area contributed by atoms with Gasteiger partial charge in [0.2, 0.25) is 0 Å². The van der Waals surface area contributed by atoms with Crippen LogP contribution in [0.3, 0.4) is 0 Å². The van der Waals surface area contributed by atoms with Crippen molar-refractivity contribution in [2.24, 2.45) is 0 Å². The molecule has 2 nitrogen and oxygen atoms in total. The molecule has 11 heavy (non-hydrogen) atoms. The van der Waals surface area contributed by atoms with Gasteiger partial charge in [0.15, 0.2) is 5.78 Å². The molecule has 0 fully saturated rings. The fourth-order valence-corrected chi connectivity index (χ4v) is 1.41. The topological polar surface area (TPSA) is 20.3 Å². The molecule has 0 unspecified atom stereocenters. The summed E-state index contributed by atoms with van der Waals surface area (Å²) in [5, 5.41) is 0. The van der Waals surface area contributed by atoms with Crippen molar-refractivity contribution in [1.29, 1.82) is 0 Å². The normalized spacial score (nSPS) is 20.6. The van der Waals surface area contributed by atoms with Crippen molar-refractivity contribution in [3.8, 4) is 0 Å². The SMILES string of the molecule is CC(=O)C1=C(C)CCN(C)C1. The summed E-state index contributed by atoms with van der Waals surface area (Å²) in [6.07, 6.45) is 1.05. The standard InChI is InChI=1S/C9H15NO/c1-7-4-5-10(3)6-9(7)8(2)11/h4-6H2,1-3H3. The Morgan fingerprint density at radius 1 is 1.55 bits per heavy atom. The summed E-state index contributed by atoms with van der Waals surface area (Å²) in [6, 6.07) is 0. The van der Waals surface area contributed by atoms with Crippen molar-refractivity contribution in [3.05, 3.63) is 11.1 Å². The first kappa shape index (κ1) is 8.47. The number of carbonyl (C=O) groups is 1. The van der Waals surface area contributed by atoms with Crippen molar-refractivity contribution in [2.45, 2.75) is 20.3 Å². The first-order valence-electron chi connectivity index (χ1n) is 3.99. The van der Waals surface area contributed by atoms with Crippen LogP contribution in [0.25, 0.3) is 0 Å². The second-order valence-electron chi connectivity index (χ2n) is 3.30. The van der Waals surface area contributed by atoms with Crippen molar-refractivity contribution in [2.75, 3.05) is 20.1 Å². The van der Waals surface area contributed by atoms with E-state index in [9.17, 15) is 4.79 Å². The van der Waals surface area contributed by atoms with Crippen LogP contribution in [0.1, 0.15) is 20.3 Å². The summed E-state index contributed by atoms with van der Waals surface area (Å²) in [5.41, 5.74) is 2.29. The fourth-order valence-electron chi connectivity index (χ4n) is 1.41. The summed E-state index contributed by atoms with van der Waals surface area (Å²) in [6.45, 7) is 5.63. The predicted octanol–water partition coefficient (Wildman–Crippen LogP) is 1.23. The van der Waals surface area contributed by atoms with Gasteiger partial charge in [0.25, 0.3) is 0 Å². The molecule has 0 amide bonds. The maximum Gasteiger partial charge on any atom is 0.157 e. The molecule has 0 saturated carbocycles. The van der Waals surface area contributed by atoms with E-state index in [1.54, 1.807) is 6.92 Å². The molecule has 0 aliphatic carbocycles. The third-order valence-electron chi connectivity index (χ3n) is 2.24. The van der Waals surface area contributed by atoms with Crippen LogP contribution in [-0.2, 0) is 4.79 Å². The van der Waals surface area contributed by atoms with E-state index in [2.05, 4.69) is 18.9 Å². The molecule has 62 valence electrons. The Labute approximate surface area is 67.9 Å². The van der Waals surface area contributed by atoms with Gasteiger partial charge in [-0.2, -0.15) is 0 Å². The first-order chi connectivity index (χ1) is 5.11. The zero-order chi connectivity index (χ0) is 8.43. The lowest BCUT2D eigenvalue weighted by Gasteiger charge is -2.24. The van der Waals surface area contributed by atoms with Crippen LogP contribution in [0.15, 0.2) is 11.1 Å². The first-order valence-corrected chi connectivity index (χ1v) is 3.99. The smallest absolute Gasteiger partial charge is 0.157 e. The summed E-state index contributed by atoms with van der Waals surface area (Å²) in [4.78, 5) is 13.3. The Hall–Kier alpha value is -0.630. The van der Waals surface area contributed by atoms with Gasteiger partial charge >= 0.3 is 0 Å². The number of Topliss-reactive ketones (excluding diaryl/α,β-unsaturated/α-hetero) is 1. The molecule has 1 aliphatic heterocycles. The van der Waals surface area contributed by atoms with Crippen LogP contribution >= 0.6 is 0 Å². The minimum absolute atomic E-state index is 0.231. The van der Waals surface area contributed by atoms with Gasteiger partial charge in [0, 0.05) is 18.7 Å². The maximum absolute atomic E-state index is 11.1. The fraction of sp³-hybridized carbons (Fsp3) is 0.667. The molecule has 2 heteroatoms. The Morgan fingerprint density at radius 2 is 2.18 bits per heavy atom. The zero-order valence-electron chi connectivity index (χ0n) is 7.48. The van der Waals surface area contributed by atoms with Crippen molar-refractivity contribution >= 4 is 5.78 Å². The molecule has 0 aromatic carbocycles. The molecular weight excluding hydrogens is 138 g/mol. The number of likely N-dealkylation sites (N-methyl/N-ethyl adjacent to an activating group) is 1. The van der Waals surface area contributed by atoms with Gasteiger partial charge in [-0.25, -0.2) is 0 Å². The minimum atomic E-state index is 0.231. The number of hydrogen-bond acceptors (Lipinski definition) is 2. The van der Waals surface area contributed by atoms with Gasteiger partial charge < -0.3 is 4.90 Å². The number of hydrogen-bond donors (Lipinski definition) is 0. The Bertz CT molecular complexity index is 206. The zero-order valence-corrected chi connectivity index (χ0v) is 7.48. The Morgan fingerprint density at radius 3 is 2.64 bits per heavy atom. The van der Waals surface area contributed by atoms with Crippen LogP contribution in [0.4, 0.5) is 0 Å². The van der Waals surface area contributed by atoms with Gasteiger partial charge in [-0.15, -0.1) is 0 Å². The van der Waals surface area contributed by atoms with Crippen LogP contribution in [0, 0.1) is 0 Å². The lowest BCUT2D eigenvalue weighted by Crippen LogP contribution is -2.29. The Kier molecular flexibility index (Phi) is 2.45. The number of rotatable bonds is 1. The average Bonchev–Trinajstić information content (AvgIpc) is 1.94. The molecule has 1 aliphatic rings. The highest BCUT2D eigenvalue weighted by Crippen LogP contribution is 2.16. The monoisotopic (exact) mass is 153 g/mol. The van der Waals surface area contributed by atoms with Gasteiger partial charge in [-0.1, -0.05) is 5.57 Å². The van der Waals surface area contributed by atoms with Crippen molar-refractivity contribution in [3.63, 3.8) is 0 Å². The lowest BCUT2D eigenvalue weighted by molar-refractivity contribution is -0.114. The summed E-state index contributed by atoms with van der Waals surface area (Å²) in [7, 11) is 2.05. The van der Waals surface area contributed by atoms with E-state index in [-0.39, 0.29) is 5.78 Å². The average molecular weight is 153 g/mol. The highest BCUT2D eigenvalue weighted by Gasteiger charge is 2.15. The second kappa shape index (κ2) is 3.18. The quantitative estimate of drug-likeness (QED) is 0.564. The van der Waals surface area contributed by atoms with Crippen molar-refractivity contribution < 1.29 is 4.79 Å². The predicted molar refractivity (Wildman–Crippen MR) is 45.5 cm³/mol. The van der Waals surface area contributed by atoms with Gasteiger partial charge in [0.05, 0.1) is 0 Å². The lowest BCUT2D eigenvalue weighted by atomic mass is 9.99. The van der Waals surface area contributed by atoms with E-state index in [1.165, 1.54) is 5.57 Å². The third-order valence-corrected chi connectivity index (χ3v) is 2.24. The van der Waals surface area contributed by atoms with Crippen LogP contribution < -0.4 is 0 Å². The highest BCUT2D eigenvalue weighted by molar-refractivity contribution is 5.94. The molecule has 0 radical (unpaired) electrons. The molecule has 0 N–H and O–H groups in total. The summed E-state index contributed by atoms with van der Waals surface area (Å²) < 4.78 is 0. The molecule has 0 aromatic rings. The van der Waals surface area contributed by atoms with E-state index in [0.29, 0.717) is 0 Å². The van der Waals surface area contributed by atoms with Crippen LogP contribution in [-0.4, -0.2) is 30.8 Å². The Balaban J connectivity index is 2.80. The van der Waals surface area contributed by atoms with E-state index >= 15 is 0 Å². The minimum Gasteiger partial charge on any atom is -0.302 e. The van der Waals surface area contributed by atoms with E-state index in [4.69, 9.17) is 0 Å². The summed E-state index contributed by atoms with van der Waals surface area (Å²) in [5.74, 6) is 0.231.